The smallest absolute Gasteiger partial charge is 0.222 e. The number of fused-ring (bicyclic) bond motifs is 1. The van der Waals surface area contributed by atoms with Crippen molar-refractivity contribution in [3.63, 3.8) is 0 Å². The number of hydrogen-bond acceptors (Lipinski definition) is 3. The van der Waals surface area contributed by atoms with Gasteiger partial charge in [-0.1, -0.05) is 39.3 Å². The summed E-state index contributed by atoms with van der Waals surface area (Å²) in [7, 11) is 0. The van der Waals surface area contributed by atoms with Crippen molar-refractivity contribution in [2.45, 2.75) is 71.1 Å². The molecule has 1 aliphatic heterocycles. The van der Waals surface area contributed by atoms with E-state index in [1.807, 2.05) is 26.0 Å². The second-order valence-electron chi connectivity index (χ2n) is 8.55. The van der Waals surface area contributed by atoms with Crippen LogP contribution in [0.15, 0.2) is 24.3 Å². The second kappa shape index (κ2) is 6.99. The Balaban J connectivity index is 1.89. The van der Waals surface area contributed by atoms with Gasteiger partial charge in [-0.15, -0.1) is 0 Å². The molecule has 0 unspecified atom stereocenters. The summed E-state index contributed by atoms with van der Waals surface area (Å²) in [5.74, 6) is 1.33. The molecule has 138 valence electrons. The van der Waals surface area contributed by atoms with E-state index >= 15 is 0 Å². The third kappa shape index (κ3) is 3.84. The van der Waals surface area contributed by atoms with E-state index in [-0.39, 0.29) is 35.3 Å². The van der Waals surface area contributed by atoms with Crippen LogP contribution in [0.5, 0.6) is 5.75 Å². The predicted octanol–water partition coefficient (Wildman–Crippen LogP) is 4.19. The monoisotopic (exact) mass is 345 g/mol. The lowest BCUT2D eigenvalue weighted by molar-refractivity contribution is -0.155. The molecular formula is C21H31NO3. The number of rotatable bonds is 3. The number of benzene rings is 1. The molecule has 1 aliphatic carbocycles. The Morgan fingerprint density at radius 2 is 2.12 bits per heavy atom. The van der Waals surface area contributed by atoms with Crippen LogP contribution in [0.1, 0.15) is 65.0 Å². The fraction of sp³-hybridized carbons (Fsp3) is 0.667. The Labute approximate surface area is 151 Å². The predicted molar refractivity (Wildman–Crippen MR) is 98.2 cm³/mol. The van der Waals surface area contributed by atoms with Crippen molar-refractivity contribution >= 4 is 5.91 Å². The number of amides is 1. The van der Waals surface area contributed by atoms with Crippen LogP contribution in [0.3, 0.4) is 0 Å². The third-order valence-electron chi connectivity index (χ3n) is 6.00. The van der Waals surface area contributed by atoms with Gasteiger partial charge in [-0.25, -0.2) is 0 Å². The lowest BCUT2D eigenvalue weighted by atomic mass is 9.66. The lowest BCUT2D eigenvalue weighted by Gasteiger charge is -2.52. The molecule has 2 fully saturated rings. The van der Waals surface area contributed by atoms with Crippen molar-refractivity contribution in [1.29, 1.82) is 0 Å². The van der Waals surface area contributed by atoms with E-state index in [1.165, 1.54) is 6.42 Å². The molecule has 0 bridgehead atoms. The van der Waals surface area contributed by atoms with Crippen molar-refractivity contribution in [2.24, 2.45) is 17.8 Å². The van der Waals surface area contributed by atoms with Gasteiger partial charge in [-0.05, 0) is 43.4 Å². The summed E-state index contributed by atoms with van der Waals surface area (Å²) < 4.78 is 6.48. The Kier molecular flexibility index (Phi) is 5.10. The molecule has 2 aliphatic rings. The van der Waals surface area contributed by atoms with E-state index < -0.39 is 0 Å². The molecule has 1 saturated heterocycles. The number of phenolic OH excluding ortho intramolecular Hbond substituents is 1. The highest BCUT2D eigenvalue weighted by molar-refractivity contribution is 5.78. The van der Waals surface area contributed by atoms with Gasteiger partial charge >= 0.3 is 0 Å². The highest BCUT2D eigenvalue weighted by atomic mass is 16.5. The van der Waals surface area contributed by atoms with Crippen LogP contribution >= 0.6 is 0 Å². The van der Waals surface area contributed by atoms with E-state index in [9.17, 15) is 9.90 Å². The van der Waals surface area contributed by atoms with Crippen molar-refractivity contribution in [3.8, 4) is 5.75 Å². The largest absolute Gasteiger partial charge is 0.508 e. The minimum Gasteiger partial charge on any atom is -0.508 e. The molecule has 2 N–H and O–H groups in total. The van der Waals surface area contributed by atoms with E-state index in [2.05, 4.69) is 19.2 Å². The van der Waals surface area contributed by atoms with Crippen LogP contribution in [0.25, 0.3) is 0 Å². The number of ether oxygens (including phenoxy) is 1. The molecule has 1 heterocycles. The van der Waals surface area contributed by atoms with Crippen LogP contribution in [-0.4, -0.2) is 22.7 Å². The molecule has 1 amide bonds. The highest BCUT2D eigenvalue weighted by Gasteiger charge is 2.49. The number of carbonyl (C=O) groups is 1. The normalized spacial score (nSPS) is 35.2. The zero-order valence-corrected chi connectivity index (χ0v) is 15.8. The Bertz CT molecular complexity index is 629. The zero-order valence-electron chi connectivity index (χ0n) is 15.8. The van der Waals surface area contributed by atoms with Crippen molar-refractivity contribution < 1.29 is 14.6 Å². The third-order valence-corrected chi connectivity index (χ3v) is 6.00. The molecular weight excluding hydrogens is 314 g/mol. The summed E-state index contributed by atoms with van der Waals surface area (Å²) in [6, 6.07) is 7.31. The van der Waals surface area contributed by atoms with Crippen molar-refractivity contribution in [1.82, 2.24) is 5.32 Å². The summed E-state index contributed by atoms with van der Waals surface area (Å²) in [6.07, 6.45) is 4.11. The Hall–Kier alpha value is -1.55. The van der Waals surface area contributed by atoms with Crippen LogP contribution in [0, 0.1) is 17.8 Å². The lowest BCUT2D eigenvalue weighted by Crippen LogP contribution is -2.61. The first-order valence-corrected chi connectivity index (χ1v) is 9.55. The Morgan fingerprint density at radius 3 is 2.80 bits per heavy atom. The fourth-order valence-corrected chi connectivity index (χ4v) is 4.49. The second-order valence-corrected chi connectivity index (χ2v) is 8.55. The molecule has 4 nitrogen and oxygen atoms in total. The molecule has 5 atom stereocenters. The van der Waals surface area contributed by atoms with E-state index in [4.69, 9.17) is 4.74 Å². The first kappa shape index (κ1) is 18.2. The summed E-state index contributed by atoms with van der Waals surface area (Å²) in [5, 5.41) is 13.2. The van der Waals surface area contributed by atoms with Gasteiger partial charge in [0.05, 0.1) is 12.2 Å². The molecule has 0 spiro atoms. The number of nitrogens with one attached hydrogen (secondary N) is 1. The average molecular weight is 345 g/mol. The number of aromatic hydroxyl groups is 1. The molecule has 4 heteroatoms. The van der Waals surface area contributed by atoms with E-state index in [1.54, 1.807) is 12.1 Å². The number of hydrogen-bond donors (Lipinski definition) is 2. The topological polar surface area (TPSA) is 58.6 Å². The molecule has 0 aromatic heterocycles. The molecule has 1 saturated carbocycles. The average Bonchev–Trinajstić information content (AvgIpc) is 2.53. The fourth-order valence-electron chi connectivity index (χ4n) is 4.49. The maximum atomic E-state index is 12.5. The maximum Gasteiger partial charge on any atom is 0.222 e. The van der Waals surface area contributed by atoms with Gasteiger partial charge in [0.2, 0.25) is 5.91 Å². The summed E-state index contributed by atoms with van der Waals surface area (Å²) in [5.41, 5.74) is 0.710. The summed E-state index contributed by atoms with van der Waals surface area (Å²) >= 11 is 0. The van der Waals surface area contributed by atoms with Gasteiger partial charge < -0.3 is 15.2 Å². The minimum absolute atomic E-state index is 0.0279. The minimum atomic E-state index is -0.277. The molecule has 25 heavy (non-hydrogen) atoms. The van der Waals surface area contributed by atoms with Crippen molar-refractivity contribution in [2.75, 3.05) is 0 Å². The van der Waals surface area contributed by atoms with Crippen molar-refractivity contribution in [3.05, 3.63) is 29.8 Å². The first-order valence-electron chi connectivity index (χ1n) is 9.55. The van der Waals surface area contributed by atoms with Gasteiger partial charge in [-0.3, -0.25) is 4.79 Å². The zero-order chi connectivity index (χ0) is 18.2. The maximum absolute atomic E-state index is 12.5. The van der Waals surface area contributed by atoms with Gasteiger partial charge in [0.15, 0.2) is 0 Å². The number of carbonyl (C=O) groups excluding carboxylic acids is 1. The molecule has 1 aromatic rings. The van der Waals surface area contributed by atoms with Crippen LogP contribution in [0.2, 0.25) is 0 Å². The molecule has 1 aromatic carbocycles. The molecule has 0 radical (unpaired) electrons. The van der Waals surface area contributed by atoms with Gasteiger partial charge in [0.1, 0.15) is 5.75 Å². The van der Waals surface area contributed by atoms with Gasteiger partial charge in [0, 0.05) is 23.8 Å². The van der Waals surface area contributed by atoms with Crippen LogP contribution in [0.4, 0.5) is 0 Å². The molecule has 3 rings (SSSR count). The Morgan fingerprint density at radius 1 is 1.36 bits per heavy atom. The quantitative estimate of drug-likeness (QED) is 0.863. The summed E-state index contributed by atoms with van der Waals surface area (Å²) in [6.45, 7) is 8.33. The van der Waals surface area contributed by atoms with E-state index in [0.717, 1.165) is 24.8 Å². The van der Waals surface area contributed by atoms with E-state index in [0.29, 0.717) is 11.8 Å². The SMILES string of the molecule is CC(C)C(=O)N[C@]1(C)C[C@H](c2cccc(O)c2)O[C@@H]2C[C@H](C)CC[C@H]21. The highest BCUT2D eigenvalue weighted by Crippen LogP contribution is 2.48. The van der Waals surface area contributed by atoms with Crippen LogP contribution in [-0.2, 0) is 9.53 Å². The van der Waals surface area contributed by atoms with Crippen LogP contribution < -0.4 is 5.32 Å². The first-order chi connectivity index (χ1) is 11.8. The summed E-state index contributed by atoms with van der Waals surface area (Å²) in [4.78, 5) is 12.5. The number of phenols is 1. The van der Waals surface area contributed by atoms with Gasteiger partial charge in [-0.2, -0.15) is 0 Å². The van der Waals surface area contributed by atoms with Gasteiger partial charge in [0.25, 0.3) is 0 Å². The standard InChI is InChI=1S/C21H31NO3/c1-13(2)20(24)22-21(4)12-19(15-6-5-7-16(23)11-15)25-18-10-14(3)8-9-17(18)21/h5-7,11,13-14,17-19,23H,8-10,12H2,1-4H3,(H,22,24)/t14-,17-,18-,19-,21-/m1/s1.